The molecule has 1 fully saturated rings. The third kappa shape index (κ3) is 1.90. The van der Waals surface area contributed by atoms with Crippen LogP contribution in [-0.2, 0) is 11.2 Å². The topological polar surface area (TPSA) is 46.5 Å². The molecule has 1 aliphatic heterocycles. The Morgan fingerprint density at radius 3 is 2.82 bits per heavy atom. The number of aryl methyl sites for hydroxylation is 1. The number of fused-ring (bicyclic) bond motifs is 1. The predicted molar refractivity (Wildman–Crippen MR) is 63.1 cm³/mol. The zero-order chi connectivity index (χ0) is 12.0. The predicted octanol–water partition coefficient (Wildman–Crippen LogP) is 2.41. The van der Waals surface area contributed by atoms with Gasteiger partial charge in [0.2, 0.25) is 0 Å². The number of rotatable bonds is 2. The second-order valence-electron chi connectivity index (χ2n) is 5.18. The molecule has 3 nitrogen and oxygen atoms in total. The quantitative estimate of drug-likeness (QED) is 0.851. The summed E-state index contributed by atoms with van der Waals surface area (Å²) in [6.07, 6.45) is 2.69. The van der Waals surface area contributed by atoms with Gasteiger partial charge in [-0.1, -0.05) is 12.1 Å². The van der Waals surface area contributed by atoms with Crippen LogP contribution in [0.3, 0.4) is 0 Å². The van der Waals surface area contributed by atoms with E-state index < -0.39 is 5.97 Å². The summed E-state index contributed by atoms with van der Waals surface area (Å²) in [6.45, 7) is 2.03. The van der Waals surface area contributed by atoms with Crippen molar-refractivity contribution < 1.29 is 14.6 Å². The molecule has 1 aromatic carbocycles. The smallest absolute Gasteiger partial charge is 0.310 e. The second kappa shape index (κ2) is 3.76. The molecule has 3 heteroatoms. The number of carboxylic acids is 1. The zero-order valence-electron chi connectivity index (χ0n) is 9.85. The molecule has 1 aromatic rings. The third-order valence-corrected chi connectivity index (χ3v) is 3.73. The number of aliphatic carboxylic acids is 1. The van der Waals surface area contributed by atoms with Gasteiger partial charge in [-0.3, -0.25) is 4.79 Å². The molecule has 1 heterocycles. The summed E-state index contributed by atoms with van der Waals surface area (Å²) < 4.78 is 5.93. The Labute approximate surface area is 100 Å². The molecule has 90 valence electrons. The molecule has 3 rings (SSSR count). The Morgan fingerprint density at radius 1 is 1.41 bits per heavy atom. The van der Waals surface area contributed by atoms with Crippen molar-refractivity contribution in [1.82, 2.24) is 0 Å². The van der Waals surface area contributed by atoms with E-state index >= 15 is 0 Å². The van der Waals surface area contributed by atoms with E-state index in [0.717, 1.165) is 29.7 Å². The van der Waals surface area contributed by atoms with E-state index in [2.05, 4.69) is 0 Å². The van der Waals surface area contributed by atoms with Crippen molar-refractivity contribution in [2.24, 2.45) is 11.8 Å². The van der Waals surface area contributed by atoms with Crippen LogP contribution in [0.15, 0.2) is 18.2 Å². The van der Waals surface area contributed by atoms with Gasteiger partial charge in [0.25, 0.3) is 0 Å². The molecule has 1 N–H and O–H groups in total. The van der Waals surface area contributed by atoms with Crippen molar-refractivity contribution in [3.8, 4) is 5.75 Å². The molecule has 0 saturated heterocycles. The fourth-order valence-electron chi connectivity index (χ4n) is 2.60. The highest BCUT2D eigenvalue weighted by atomic mass is 16.5. The lowest BCUT2D eigenvalue weighted by Gasteiger charge is -2.31. The summed E-state index contributed by atoms with van der Waals surface area (Å²) in [5, 5.41) is 9.29. The highest BCUT2D eigenvalue weighted by molar-refractivity contribution is 5.72. The van der Waals surface area contributed by atoms with Crippen LogP contribution < -0.4 is 4.74 Å². The zero-order valence-corrected chi connectivity index (χ0v) is 9.85. The normalized spacial score (nSPS) is 27.1. The summed E-state index contributed by atoms with van der Waals surface area (Å²) in [4.78, 5) is 11.3. The van der Waals surface area contributed by atoms with E-state index in [1.165, 1.54) is 0 Å². The van der Waals surface area contributed by atoms with Crippen LogP contribution in [0.1, 0.15) is 24.0 Å². The molecule has 0 aromatic heterocycles. The standard InChI is InChI=1S/C14H16O3/c1-8-2-3-10-7-11(14(15)16)13(9-4-5-9)17-12(10)6-8/h2-3,6,9,11,13H,4-5,7H2,1H3,(H,15,16). The molecular weight excluding hydrogens is 216 g/mol. The van der Waals surface area contributed by atoms with Crippen molar-refractivity contribution in [2.75, 3.05) is 0 Å². The molecular formula is C14H16O3. The molecule has 2 aliphatic rings. The van der Waals surface area contributed by atoms with Crippen LogP contribution in [-0.4, -0.2) is 17.2 Å². The number of hydrogen-bond acceptors (Lipinski definition) is 2. The van der Waals surface area contributed by atoms with Gasteiger partial charge in [-0.15, -0.1) is 0 Å². The molecule has 2 unspecified atom stereocenters. The molecule has 1 saturated carbocycles. The minimum absolute atomic E-state index is 0.123. The monoisotopic (exact) mass is 232 g/mol. The van der Waals surface area contributed by atoms with E-state index in [0.29, 0.717) is 12.3 Å². The van der Waals surface area contributed by atoms with Crippen LogP contribution in [0.2, 0.25) is 0 Å². The molecule has 0 amide bonds. The first kappa shape index (κ1) is 10.6. The van der Waals surface area contributed by atoms with Crippen molar-refractivity contribution in [2.45, 2.75) is 32.3 Å². The van der Waals surface area contributed by atoms with Crippen LogP contribution in [0.4, 0.5) is 0 Å². The van der Waals surface area contributed by atoms with Crippen LogP contribution in [0.5, 0.6) is 5.75 Å². The average molecular weight is 232 g/mol. The van der Waals surface area contributed by atoms with E-state index in [1.54, 1.807) is 0 Å². The van der Waals surface area contributed by atoms with Gasteiger partial charge in [0.15, 0.2) is 0 Å². The summed E-state index contributed by atoms with van der Waals surface area (Å²) in [7, 11) is 0. The van der Waals surface area contributed by atoms with Crippen molar-refractivity contribution in [1.29, 1.82) is 0 Å². The van der Waals surface area contributed by atoms with E-state index in [1.807, 2.05) is 25.1 Å². The fourth-order valence-corrected chi connectivity index (χ4v) is 2.60. The van der Waals surface area contributed by atoms with E-state index in [4.69, 9.17) is 4.74 Å². The maximum Gasteiger partial charge on any atom is 0.310 e. The molecule has 2 atom stereocenters. The Bertz CT molecular complexity index is 463. The minimum atomic E-state index is -0.729. The Kier molecular flexibility index (Phi) is 2.35. The Balaban J connectivity index is 1.94. The van der Waals surface area contributed by atoms with Gasteiger partial charge < -0.3 is 9.84 Å². The maximum atomic E-state index is 11.3. The Morgan fingerprint density at radius 2 is 2.18 bits per heavy atom. The lowest BCUT2D eigenvalue weighted by atomic mass is 9.88. The highest BCUT2D eigenvalue weighted by Crippen LogP contribution is 2.43. The minimum Gasteiger partial charge on any atom is -0.489 e. The first-order valence-electron chi connectivity index (χ1n) is 6.14. The lowest BCUT2D eigenvalue weighted by molar-refractivity contribution is -0.146. The lowest BCUT2D eigenvalue weighted by Crippen LogP contribution is -2.39. The number of benzene rings is 1. The first-order valence-corrected chi connectivity index (χ1v) is 6.14. The molecule has 0 spiro atoms. The van der Waals surface area contributed by atoms with Crippen molar-refractivity contribution >= 4 is 5.97 Å². The molecule has 1 aliphatic carbocycles. The van der Waals surface area contributed by atoms with Crippen molar-refractivity contribution in [3.63, 3.8) is 0 Å². The molecule has 0 radical (unpaired) electrons. The second-order valence-corrected chi connectivity index (χ2v) is 5.18. The largest absolute Gasteiger partial charge is 0.489 e. The molecule has 0 bridgehead atoms. The van der Waals surface area contributed by atoms with Crippen LogP contribution in [0.25, 0.3) is 0 Å². The number of ether oxygens (including phenoxy) is 1. The van der Waals surface area contributed by atoms with Crippen molar-refractivity contribution in [3.05, 3.63) is 29.3 Å². The van der Waals surface area contributed by atoms with Gasteiger partial charge in [-0.25, -0.2) is 0 Å². The summed E-state index contributed by atoms with van der Waals surface area (Å²) in [5.74, 6) is 0.231. The summed E-state index contributed by atoms with van der Waals surface area (Å²) >= 11 is 0. The number of carboxylic acid groups (broad SMARTS) is 1. The maximum absolute atomic E-state index is 11.3. The first-order chi connectivity index (χ1) is 8.15. The summed E-state index contributed by atoms with van der Waals surface area (Å²) in [6, 6.07) is 6.02. The van der Waals surface area contributed by atoms with Gasteiger partial charge >= 0.3 is 5.97 Å². The summed E-state index contributed by atoms with van der Waals surface area (Å²) in [5.41, 5.74) is 2.19. The van der Waals surface area contributed by atoms with E-state index in [9.17, 15) is 9.90 Å². The third-order valence-electron chi connectivity index (χ3n) is 3.73. The van der Waals surface area contributed by atoms with Gasteiger partial charge in [0.05, 0.1) is 5.92 Å². The van der Waals surface area contributed by atoms with Gasteiger partial charge in [0.1, 0.15) is 11.9 Å². The van der Waals surface area contributed by atoms with Gasteiger partial charge in [-0.2, -0.15) is 0 Å². The van der Waals surface area contributed by atoms with Gasteiger partial charge in [-0.05, 0) is 49.3 Å². The SMILES string of the molecule is Cc1ccc2c(c1)OC(C1CC1)C(C(=O)O)C2. The average Bonchev–Trinajstić information content (AvgIpc) is 3.10. The Hall–Kier alpha value is -1.51. The highest BCUT2D eigenvalue weighted by Gasteiger charge is 2.44. The fraction of sp³-hybridized carbons (Fsp3) is 0.500. The van der Waals surface area contributed by atoms with Crippen LogP contribution >= 0.6 is 0 Å². The van der Waals surface area contributed by atoms with E-state index in [-0.39, 0.29) is 12.0 Å². The number of hydrogen-bond donors (Lipinski definition) is 1. The number of carbonyl (C=O) groups is 1. The van der Waals surface area contributed by atoms with Crippen LogP contribution in [0, 0.1) is 18.8 Å². The van der Waals surface area contributed by atoms with Gasteiger partial charge in [0, 0.05) is 0 Å². The molecule has 17 heavy (non-hydrogen) atoms.